The molecule has 0 atom stereocenters. The van der Waals surface area contributed by atoms with Gasteiger partial charge in [-0.3, -0.25) is 9.59 Å². The van der Waals surface area contributed by atoms with Crippen LogP contribution in [0, 0.1) is 6.92 Å². The van der Waals surface area contributed by atoms with Gasteiger partial charge in [-0.1, -0.05) is 35.9 Å². The summed E-state index contributed by atoms with van der Waals surface area (Å²) in [6, 6.07) is 12.7. The van der Waals surface area contributed by atoms with E-state index >= 15 is 0 Å². The predicted molar refractivity (Wildman–Crippen MR) is 92.8 cm³/mol. The van der Waals surface area contributed by atoms with E-state index in [4.69, 9.17) is 5.11 Å². The molecule has 0 radical (unpaired) electrons. The molecule has 1 amide bonds. The van der Waals surface area contributed by atoms with E-state index in [0.717, 1.165) is 5.56 Å². The van der Waals surface area contributed by atoms with Crippen LogP contribution in [-0.4, -0.2) is 25.4 Å². The summed E-state index contributed by atoms with van der Waals surface area (Å²) in [6.07, 6.45) is 0.725. The van der Waals surface area contributed by atoms with E-state index < -0.39 is 21.9 Å². The first kappa shape index (κ1) is 18.7. The standard InChI is InChI=1S/C18H19NO5S/c1-13-9-11-15(12-10-13)25(23,24)19-18(22)16-7-3-2-5-14(16)6-4-8-17(20)21/h2-3,5,7,9-12H,4,6,8H2,1H3,(H,19,22)(H,20,21). The van der Waals surface area contributed by atoms with Crippen LogP contribution in [0.2, 0.25) is 0 Å². The first-order valence-corrected chi connectivity index (χ1v) is 9.21. The van der Waals surface area contributed by atoms with E-state index in [1.165, 1.54) is 18.2 Å². The number of aliphatic carboxylic acids is 1. The molecule has 0 heterocycles. The van der Waals surface area contributed by atoms with Crippen molar-refractivity contribution in [2.24, 2.45) is 0 Å². The van der Waals surface area contributed by atoms with Crippen molar-refractivity contribution in [2.75, 3.05) is 0 Å². The molecule has 2 N–H and O–H groups in total. The van der Waals surface area contributed by atoms with E-state index in [0.29, 0.717) is 18.4 Å². The number of rotatable bonds is 7. The van der Waals surface area contributed by atoms with Gasteiger partial charge in [0, 0.05) is 12.0 Å². The fourth-order valence-electron chi connectivity index (χ4n) is 2.34. The Morgan fingerprint density at radius 2 is 1.68 bits per heavy atom. The molecule has 0 spiro atoms. The van der Waals surface area contributed by atoms with Crippen molar-refractivity contribution in [3.05, 3.63) is 65.2 Å². The van der Waals surface area contributed by atoms with Crippen molar-refractivity contribution in [3.63, 3.8) is 0 Å². The molecule has 6 nitrogen and oxygen atoms in total. The third-order valence-corrected chi connectivity index (χ3v) is 5.00. The number of carboxylic acid groups (broad SMARTS) is 1. The number of sulfonamides is 1. The van der Waals surface area contributed by atoms with Crippen molar-refractivity contribution < 1.29 is 23.1 Å². The number of nitrogens with one attached hydrogen (secondary N) is 1. The van der Waals surface area contributed by atoms with Gasteiger partial charge in [0.05, 0.1) is 4.90 Å². The van der Waals surface area contributed by atoms with Gasteiger partial charge in [0.2, 0.25) is 0 Å². The molecule has 0 unspecified atom stereocenters. The van der Waals surface area contributed by atoms with Gasteiger partial charge in [-0.2, -0.15) is 0 Å². The summed E-state index contributed by atoms with van der Waals surface area (Å²) in [6.45, 7) is 1.84. The fraction of sp³-hybridized carbons (Fsp3) is 0.222. The average Bonchev–Trinajstić information content (AvgIpc) is 2.55. The predicted octanol–water partition coefficient (Wildman–Crippen LogP) is 2.52. The molecular weight excluding hydrogens is 342 g/mol. The molecule has 2 aromatic carbocycles. The summed E-state index contributed by atoms with van der Waals surface area (Å²) >= 11 is 0. The largest absolute Gasteiger partial charge is 0.481 e. The number of benzene rings is 2. The third-order valence-electron chi connectivity index (χ3n) is 3.66. The maximum absolute atomic E-state index is 12.4. The van der Waals surface area contributed by atoms with Gasteiger partial charge in [-0.25, -0.2) is 13.1 Å². The molecule has 2 aromatic rings. The van der Waals surface area contributed by atoms with Gasteiger partial charge in [-0.15, -0.1) is 0 Å². The number of hydrogen-bond donors (Lipinski definition) is 2. The monoisotopic (exact) mass is 361 g/mol. The second-order valence-corrected chi connectivity index (χ2v) is 7.33. The number of carbonyl (C=O) groups is 2. The Morgan fingerprint density at radius 3 is 2.32 bits per heavy atom. The van der Waals surface area contributed by atoms with E-state index in [9.17, 15) is 18.0 Å². The van der Waals surface area contributed by atoms with Gasteiger partial charge >= 0.3 is 5.97 Å². The minimum Gasteiger partial charge on any atom is -0.481 e. The van der Waals surface area contributed by atoms with Crippen LogP contribution in [0.4, 0.5) is 0 Å². The zero-order chi connectivity index (χ0) is 18.4. The molecule has 0 aliphatic carbocycles. The Kier molecular flexibility index (Phi) is 5.93. The van der Waals surface area contributed by atoms with Crippen LogP contribution in [0.25, 0.3) is 0 Å². The van der Waals surface area contributed by atoms with Gasteiger partial charge in [0.15, 0.2) is 0 Å². The van der Waals surface area contributed by atoms with Crippen LogP contribution in [0.5, 0.6) is 0 Å². The van der Waals surface area contributed by atoms with Gasteiger partial charge in [0.25, 0.3) is 15.9 Å². The van der Waals surface area contributed by atoms with Crippen LogP contribution in [0.1, 0.15) is 34.3 Å². The van der Waals surface area contributed by atoms with Crippen LogP contribution < -0.4 is 4.72 Å². The molecule has 2 rings (SSSR count). The molecule has 0 aromatic heterocycles. The lowest BCUT2D eigenvalue weighted by molar-refractivity contribution is -0.137. The Bertz CT molecular complexity index is 873. The highest BCUT2D eigenvalue weighted by molar-refractivity contribution is 7.90. The molecule has 0 aliphatic heterocycles. The summed E-state index contributed by atoms with van der Waals surface area (Å²) < 4.78 is 26.7. The number of carboxylic acids is 1. The van der Waals surface area contributed by atoms with Crippen molar-refractivity contribution in [2.45, 2.75) is 31.1 Å². The third kappa shape index (κ3) is 5.15. The molecule has 0 saturated carbocycles. The molecule has 132 valence electrons. The fourth-order valence-corrected chi connectivity index (χ4v) is 3.31. The van der Waals surface area contributed by atoms with Gasteiger partial charge in [0.1, 0.15) is 0 Å². The van der Waals surface area contributed by atoms with E-state index in [-0.39, 0.29) is 16.9 Å². The highest BCUT2D eigenvalue weighted by Crippen LogP contribution is 2.15. The number of aryl methyl sites for hydroxylation is 2. The van der Waals surface area contributed by atoms with Gasteiger partial charge < -0.3 is 5.11 Å². The highest BCUT2D eigenvalue weighted by Gasteiger charge is 2.20. The molecule has 0 fully saturated rings. The smallest absolute Gasteiger partial charge is 0.303 e. The number of amides is 1. The lowest BCUT2D eigenvalue weighted by atomic mass is 10.0. The number of hydrogen-bond acceptors (Lipinski definition) is 4. The van der Waals surface area contributed by atoms with Crippen LogP contribution in [-0.2, 0) is 21.2 Å². The first-order valence-electron chi connectivity index (χ1n) is 7.73. The summed E-state index contributed by atoms with van der Waals surface area (Å²) in [5.74, 6) is -1.64. The number of carbonyl (C=O) groups excluding carboxylic acids is 1. The normalized spacial score (nSPS) is 11.1. The molecule has 0 bridgehead atoms. The maximum Gasteiger partial charge on any atom is 0.303 e. The first-order chi connectivity index (χ1) is 11.8. The summed E-state index contributed by atoms with van der Waals surface area (Å²) in [5, 5.41) is 8.71. The molecule has 7 heteroatoms. The Morgan fingerprint density at radius 1 is 1.04 bits per heavy atom. The lowest BCUT2D eigenvalue weighted by Gasteiger charge is -2.11. The zero-order valence-electron chi connectivity index (χ0n) is 13.7. The minimum atomic E-state index is -3.97. The van der Waals surface area contributed by atoms with Crippen molar-refractivity contribution in [3.8, 4) is 0 Å². The Balaban J connectivity index is 2.17. The zero-order valence-corrected chi connectivity index (χ0v) is 14.5. The van der Waals surface area contributed by atoms with Crippen molar-refractivity contribution >= 4 is 21.9 Å². The van der Waals surface area contributed by atoms with Crippen molar-refractivity contribution in [1.82, 2.24) is 4.72 Å². The molecular formula is C18H19NO5S. The lowest BCUT2D eigenvalue weighted by Crippen LogP contribution is -2.31. The van der Waals surface area contributed by atoms with Crippen LogP contribution in [0.15, 0.2) is 53.4 Å². The van der Waals surface area contributed by atoms with E-state index in [1.54, 1.807) is 30.3 Å². The molecule has 0 aliphatic rings. The summed E-state index contributed by atoms with van der Waals surface area (Å²) in [5.41, 5.74) is 1.75. The second kappa shape index (κ2) is 7.94. The molecule has 25 heavy (non-hydrogen) atoms. The second-order valence-electron chi connectivity index (χ2n) is 5.65. The highest BCUT2D eigenvalue weighted by atomic mass is 32.2. The van der Waals surface area contributed by atoms with E-state index in [2.05, 4.69) is 4.72 Å². The van der Waals surface area contributed by atoms with Crippen LogP contribution >= 0.6 is 0 Å². The van der Waals surface area contributed by atoms with Gasteiger partial charge in [-0.05, 0) is 43.5 Å². The molecule has 0 saturated heterocycles. The van der Waals surface area contributed by atoms with Crippen molar-refractivity contribution in [1.29, 1.82) is 0 Å². The summed E-state index contributed by atoms with van der Waals surface area (Å²) in [7, 11) is -3.97. The summed E-state index contributed by atoms with van der Waals surface area (Å²) in [4.78, 5) is 23.0. The van der Waals surface area contributed by atoms with Crippen LogP contribution in [0.3, 0.4) is 0 Å². The van der Waals surface area contributed by atoms with E-state index in [1.807, 2.05) is 6.92 Å². The maximum atomic E-state index is 12.4. The quantitative estimate of drug-likeness (QED) is 0.789. The average molecular weight is 361 g/mol. The topological polar surface area (TPSA) is 101 Å². The Hall–Kier alpha value is -2.67. The minimum absolute atomic E-state index is 0.00908. The SMILES string of the molecule is Cc1ccc(S(=O)(=O)NC(=O)c2ccccc2CCCC(=O)O)cc1. The Labute approximate surface area is 146 Å².